The molecule has 0 fully saturated rings. The Hall–Kier alpha value is 0.771. The number of hydrogen-bond acceptors (Lipinski definition) is 5. The van der Waals surface area contributed by atoms with E-state index in [0.717, 1.165) is 0 Å². The molecule has 0 saturated heterocycles. The zero-order valence-corrected chi connectivity index (χ0v) is 8.83. The third-order valence-corrected chi connectivity index (χ3v) is 1.03. The minimum atomic E-state index is -1.50. The van der Waals surface area contributed by atoms with Crippen LogP contribution in [0, 0.1) is 0 Å². The molecule has 11 heavy (non-hydrogen) atoms. The van der Waals surface area contributed by atoms with Crippen molar-refractivity contribution >= 4 is 24.6 Å². The minimum absolute atomic E-state index is 0. The van der Waals surface area contributed by atoms with Crippen LogP contribution in [0.5, 0.6) is 0 Å². The van der Waals surface area contributed by atoms with Crippen molar-refractivity contribution in [2.45, 2.75) is 11.7 Å². The summed E-state index contributed by atoms with van der Waals surface area (Å²) in [6.45, 7) is 0. The molecule has 0 heterocycles. The van der Waals surface area contributed by atoms with Gasteiger partial charge >= 0.3 is 44.8 Å². The van der Waals surface area contributed by atoms with E-state index >= 15 is 0 Å². The predicted octanol–water partition coefficient (Wildman–Crippen LogP) is -2.83. The minimum Gasteiger partial charge on any atom is -0.550 e. The average molecular weight is 364 g/mol. The molecular formula is C4H4Ag2O4S. The summed E-state index contributed by atoms with van der Waals surface area (Å²) in [5, 5.41) is 18.2. The number of aliphatic carboxylic acids is 2. The van der Waals surface area contributed by atoms with E-state index in [1.807, 2.05) is 0 Å². The Balaban J connectivity index is -0.000000320. The maximum Gasteiger partial charge on any atom is 1.00 e. The Morgan fingerprint density at radius 2 is 1.64 bits per heavy atom. The first-order valence-corrected chi connectivity index (χ1v) is 2.64. The van der Waals surface area contributed by atoms with Crippen LogP contribution in [0.3, 0.4) is 0 Å². The summed E-state index contributed by atoms with van der Waals surface area (Å²) < 4.78 is 0. The molecule has 0 aromatic heterocycles. The van der Waals surface area contributed by atoms with Crippen molar-refractivity contribution in [2.24, 2.45) is 0 Å². The van der Waals surface area contributed by atoms with E-state index in [4.69, 9.17) is 0 Å². The standard InChI is InChI=1S/C4H6O4S.2Ag/c5-3(6)1-2(9)4(7)8;;/h2,9H,1H2,(H,5,6)(H,7,8);;/q;2*+1/p-2. The van der Waals surface area contributed by atoms with Crippen LogP contribution in [0.15, 0.2) is 0 Å². The third kappa shape index (κ3) is 10.8. The third-order valence-electron chi connectivity index (χ3n) is 0.632. The quantitative estimate of drug-likeness (QED) is 0.433. The predicted molar refractivity (Wildman–Crippen MR) is 27.4 cm³/mol. The van der Waals surface area contributed by atoms with Crippen LogP contribution in [0.2, 0.25) is 0 Å². The molecule has 1 unspecified atom stereocenters. The molecule has 0 amide bonds. The van der Waals surface area contributed by atoms with E-state index in [1.165, 1.54) is 0 Å². The van der Waals surface area contributed by atoms with Gasteiger partial charge in [0, 0.05) is 17.6 Å². The van der Waals surface area contributed by atoms with Crippen molar-refractivity contribution in [3.05, 3.63) is 0 Å². The van der Waals surface area contributed by atoms with Crippen LogP contribution < -0.4 is 10.2 Å². The first-order valence-electron chi connectivity index (χ1n) is 2.13. The monoisotopic (exact) mass is 362 g/mol. The Morgan fingerprint density at radius 3 is 1.73 bits per heavy atom. The van der Waals surface area contributed by atoms with Gasteiger partial charge in [-0.25, -0.2) is 0 Å². The van der Waals surface area contributed by atoms with Gasteiger partial charge in [-0.05, 0) is 0 Å². The van der Waals surface area contributed by atoms with Crippen LogP contribution in [-0.2, 0) is 54.3 Å². The number of carboxylic acid groups (broad SMARTS) is 2. The summed E-state index contributed by atoms with van der Waals surface area (Å²) >= 11 is 3.38. The van der Waals surface area contributed by atoms with Crippen LogP contribution in [0.25, 0.3) is 0 Å². The molecule has 0 radical (unpaired) electrons. The van der Waals surface area contributed by atoms with Gasteiger partial charge in [-0.2, -0.15) is 12.6 Å². The Labute approximate surface area is 100 Å². The van der Waals surface area contributed by atoms with Gasteiger partial charge in [0.15, 0.2) is 0 Å². The van der Waals surface area contributed by atoms with Gasteiger partial charge in [0.1, 0.15) is 0 Å². The Kier molecular flexibility index (Phi) is 14.3. The van der Waals surface area contributed by atoms with E-state index in [0.29, 0.717) is 0 Å². The van der Waals surface area contributed by atoms with Crippen molar-refractivity contribution < 1.29 is 64.6 Å². The normalized spacial score (nSPS) is 10.3. The summed E-state index contributed by atoms with van der Waals surface area (Å²) in [4.78, 5) is 19.4. The summed E-state index contributed by atoms with van der Waals surface area (Å²) in [5.41, 5.74) is 0. The number of carbonyl (C=O) groups excluding carboxylic acids is 2. The van der Waals surface area contributed by atoms with E-state index in [9.17, 15) is 19.8 Å². The average Bonchev–Trinajstić information content (AvgIpc) is 1.63. The molecule has 7 heteroatoms. The Morgan fingerprint density at radius 1 is 1.27 bits per heavy atom. The summed E-state index contributed by atoms with van der Waals surface area (Å²) in [6.07, 6.45) is -0.620. The van der Waals surface area contributed by atoms with E-state index in [1.54, 1.807) is 0 Å². The van der Waals surface area contributed by atoms with Crippen LogP contribution in [0.1, 0.15) is 6.42 Å². The second-order valence-electron chi connectivity index (χ2n) is 1.41. The number of thiol groups is 1. The van der Waals surface area contributed by atoms with Gasteiger partial charge in [-0.1, -0.05) is 0 Å². The van der Waals surface area contributed by atoms with E-state index < -0.39 is 23.6 Å². The summed E-state index contributed by atoms with van der Waals surface area (Å²) in [6, 6.07) is 0. The van der Waals surface area contributed by atoms with Crippen molar-refractivity contribution in [3.63, 3.8) is 0 Å². The zero-order chi connectivity index (χ0) is 7.44. The fourth-order valence-electron chi connectivity index (χ4n) is 0.241. The molecule has 0 bridgehead atoms. The molecule has 1 atom stereocenters. The SMILES string of the molecule is O=C([O-])CC(S)C(=O)[O-].[Ag+].[Ag+]. The smallest absolute Gasteiger partial charge is 0.550 e. The molecule has 0 N–H and O–H groups in total. The van der Waals surface area contributed by atoms with Crippen molar-refractivity contribution in [1.82, 2.24) is 0 Å². The van der Waals surface area contributed by atoms with E-state index in [-0.39, 0.29) is 44.8 Å². The molecule has 0 rings (SSSR count). The summed E-state index contributed by atoms with van der Waals surface area (Å²) in [5.74, 6) is -2.94. The molecule has 0 aromatic carbocycles. The Bertz CT molecular complexity index is 140. The van der Waals surface area contributed by atoms with Crippen LogP contribution in [0.4, 0.5) is 0 Å². The summed E-state index contributed by atoms with van der Waals surface area (Å²) in [7, 11) is 0. The first-order chi connectivity index (χ1) is 4.04. The molecule has 72 valence electrons. The van der Waals surface area contributed by atoms with Crippen LogP contribution >= 0.6 is 12.6 Å². The molecule has 0 aromatic rings. The first kappa shape index (κ1) is 17.8. The van der Waals surface area contributed by atoms with Gasteiger partial charge in [-0.3, -0.25) is 0 Å². The molecule has 0 spiro atoms. The maximum absolute atomic E-state index is 9.76. The van der Waals surface area contributed by atoms with Crippen molar-refractivity contribution in [1.29, 1.82) is 0 Å². The molecule has 0 saturated carbocycles. The van der Waals surface area contributed by atoms with Crippen LogP contribution in [-0.4, -0.2) is 17.2 Å². The van der Waals surface area contributed by atoms with Gasteiger partial charge in [0.25, 0.3) is 0 Å². The second kappa shape index (κ2) is 8.86. The topological polar surface area (TPSA) is 80.3 Å². The second-order valence-corrected chi connectivity index (χ2v) is 2.03. The molecule has 4 nitrogen and oxygen atoms in total. The van der Waals surface area contributed by atoms with Gasteiger partial charge < -0.3 is 19.8 Å². The zero-order valence-electron chi connectivity index (χ0n) is 4.97. The molecule has 0 aliphatic rings. The van der Waals surface area contributed by atoms with Crippen molar-refractivity contribution in [3.8, 4) is 0 Å². The van der Waals surface area contributed by atoms with Gasteiger partial charge in [0.2, 0.25) is 0 Å². The van der Waals surface area contributed by atoms with Gasteiger partial charge in [0.05, 0.1) is 5.97 Å². The fourth-order valence-corrected chi connectivity index (χ4v) is 0.390. The molecule has 0 aliphatic carbocycles. The molecular weight excluding hydrogens is 360 g/mol. The van der Waals surface area contributed by atoms with Crippen molar-refractivity contribution in [2.75, 3.05) is 0 Å². The largest absolute Gasteiger partial charge is 1.00 e. The van der Waals surface area contributed by atoms with E-state index in [2.05, 4.69) is 12.6 Å². The number of carboxylic acids is 2. The number of hydrogen-bond donors (Lipinski definition) is 1. The number of rotatable bonds is 3. The van der Waals surface area contributed by atoms with Gasteiger partial charge in [-0.15, -0.1) is 0 Å². The molecule has 0 aliphatic heterocycles. The number of carbonyl (C=O) groups is 2. The fraction of sp³-hybridized carbons (Fsp3) is 0.500. The maximum atomic E-state index is 9.76.